The third-order valence-corrected chi connectivity index (χ3v) is 2.39. The van der Waals surface area contributed by atoms with Gasteiger partial charge in [0.15, 0.2) is 0 Å². The number of carbonyl (C=O) groups is 1. The van der Waals surface area contributed by atoms with Crippen LogP contribution in [0.3, 0.4) is 0 Å². The summed E-state index contributed by atoms with van der Waals surface area (Å²) >= 11 is 0. The van der Waals surface area contributed by atoms with Gasteiger partial charge in [-0.3, -0.25) is 0 Å². The zero-order chi connectivity index (χ0) is 7.84. The van der Waals surface area contributed by atoms with E-state index in [2.05, 4.69) is 5.32 Å². The van der Waals surface area contributed by atoms with E-state index in [1.54, 1.807) is 4.90 Å². The fourth-order valence-corrected chi connectivity index (χ4v) is 1.61. The Morgan fingerprint density at radius 1 is 1.55 bits per heavy atom. The maximum Gasteiger partial charge on any atom is 0.317 e. The second-order valence-electron chi connectivity index (χ2n) is 3.15. The molecule has 0 bridgehead atoms. The van der Waals surface area contributed by atoms with Crippen LogP contribution in [-0.2, 0) is 0 Å². The zero-order valence-corrected chi connectivity index (χ0v) is 6.22. The predicted molar refractivity (Wildman–Crippen MR) is 38.0 cm³/mol. The molecule has 2 rings (SSSR count). The van der Waals surface area contributed by atoms with E-state index in [1.807, 2.05) is 0 Å². The molecule has 0 aromatic heterocycles. The molecule has 0 radical (unpaired) electrons. The lowest BCUT2D eigenvalue weighted by atomic mass is 9.89. The van der Waals surface area contributed by atoms with Gasteiger partial charge in [-0.15, -0.1) is 0 Å². The maximum atomic E-state index is 12.4. The molecule has 2 amide bonds. The summed E-state index contributed by atoms with van der Waals surface area (Å²) < 4.78 is 12.4. The van der Waals surface area contributed by atoms with Gasteiger partial charge in [-0.25, -0.2) is 9.18 Å². The van der Waals surface area contributed by atoms with Crippen LogP contribution in [0.25, 0.3) is 0 Å². The molecule has 1 saturated carbocycles. The van der Waals surface area contributed by atoms with Crippen molar-refractivity contribution < 1.29 is 9.18 Å². The van der Waals surface area contributed by atoms with E-state index in [4.69, 9.17) is 0 Å². The monoisotopic (exact) mass is 158 g/mol. The van der Waals surface area contributed by atoms with Gasteiger partial charge in [0.1, 0.15) is 6.17 Å². The number of hydrogen-bond donors (Lipinski definition) is 1. The minimum atomic E-state index is -0.673. The van der Waals surface area contributed by atoms with Crippen LogP contribution in [0.2, 0.25) is 0 Å². The Hall–Kier alpha value is -0.800. The van der Waals surface area contributed by atoms with Crippen LogP contribution in [-0.4, -0.2) is 36.2 Å². The van der Waals surface area contributed by atoms with Crippen molar-refractivity contribution in [1.29, 1.82) is 0 Å². The molecule has 0 aromatic rings. The highest BCUT2D eigenvalue weighted by Gasteiger charge is 2.37. The predicted octanol–water partition coefficient (Wildman–Crippen LogP) is 0.512. The molecule has 0 unspecified atom stereocenters. The fraction of sp³-hybridized carbons (Fsp3) is 0.857. The molecular formula is C7H11FN2O. The normalized spacial score (nSPS) is 36.8. The lowest BCUT2D eigenvalue weighted by molar-refractivity contribution is 0.0872. The lowest BCUT2D eigenvalue weighted by Gasteiger charge is -2.36. The Kier molecular flexibility index (Phi) is 1.47. The Morgan fingerprint density at radius 2 is 2.27 bits per heavy atom. The van der Waals surface area contributed by atoms with E-state index in [0.717, 1.165) is 6.54 Å². The molecule has 0 spiro atoms. The number of rotatable bonds is 1. The number of alkyl halides is 1. The van der Waals surface area contributed by atoms with Crippen molar-refractivity contribution in [2.24, 2.45) is 0 Å². The minimum Gasteiger partial charge on any atom is -0.336 e. The number of urea groups is 1. The summed E-state index contributed by atoms with van der Waals surface area (Å²) in [6.45, 7) is 1.46. The molecule has 1 aliphatic heterocycles. The Morgan fingerprint density at radius 3 is 2.73 bits per heavy atom. The fourth-order valence-electron chi connectivity index (χ4n) is 1.61. The van der Waals surface area contributed by atoms with Gasteiger partial charge in [-0.1, -0.05) is 0 Å². The second-order valence-corrected chi connectivity index (χ2v) is 3.15. The number of hydrogen-bond acceptors (Lipinski definition) is 1. The molecule has 4 heteroatoms. The van der Waals surface area contributed by atoms with Gasteiger partial charge >= 0.3 is 6.03 Å². The van der Waals surface area contributed by atoms with Gasteiger partial charge < -0.3 is 10.2 Å². The Balaban J connectivity index is 1.90. The average molecular weight is 158 g/mol. The van der Waals surface area contributed by atoms with Crippen molar-refractivity contribution in [2.45, 2.75) is 25.1 Å². The van der Waals surface area contributed by atoms with E-state index in [0.29, 0.717) is 19.4 Å². The van der Waals surface area contributed by atoms with Crippen LogP contribution in [0.5, 0.6) is 0 Å². The number of nitrogens with one attached hydrogen (secondary N) is 1. The zero-order valence-electron chi connectivity index (χ0n) is 6.22. The van der Waals surface area contributed by atoms with Gasteiger partial charge in [0.05, 0.1) is 0 Å². The van der Waals surface area contributed by atoms with Crippen LogP contribution in [0.15, 0.2) is 0 Å². The standard InChI is InChI=1S/C7H11FN2O/c8-5-3-6(4-5)10-2-1-9-7(10)11/h5-6H,1-4H2,(H,9,11). The summed E-state index contributed by atoms with van der Waals surface area (Å²) in [6, 6.07) is 0.148. The number of carbonyl (C=O) groups excluding carboxylic acids is 1. The molecule has 62 valence electrons. The first kappa shape index (κ1) is 6.88. The Labute approximate surface area is 64.6 Å². The van der Waals surface area contributed by atoms with E-state index in [9.17, 15) is 9.18 Å². The summed E-state index contributed by atoms with van der Waals surface area (Å²) in [4.78, 5) is 12.7. The largest absolute Gasteiger partial charge is 0.336 e. The molecule has 0 atom stereocenters. The van der Waals surface area contributed by atoms with Gasteiger partial charge in [0, 0.05) is 19.1 Å². The van der Waals surface area contributed by atoms with Crippen LogP contribution >= 0.6 is 0 Å². The first-order chi connectivity index (χ1) is 5.27. The van der Waals surface area contributed by atoms with Gasteiger partial charge in [0.2, 0.25) is 0 Å². The van der Waals surface area contributed by atoms with E-state index in [-0.39, 0.29) is 12.1 Å². The minimum absolute atomic E-state index is 0.0260. The number of nitrogens with zero attached hydrogens (tertiary/aromatic N) is 1. The van der Waals surface area contributed by atoms with Crippen LogP contribution < -0.4 is 5.32 Å². The topological polar surface area (TPSA) is 32.3 Å². The molecular weight excluding hydrogens is 147 g/mol. The van der Waals surface area contributed by atoms with Crippen LogP contribution in [0.4, 0.5) is 9.18 Å². The van der Waals surface area contributed by atoms with Crippen molar-refractivity contribution in [3.8, 4) is 0 Å². The molecule has 3 nitrogen and oxygen atoms in total. The Bertz CT molecular complexity index is 179. The van der Waals surface area contributed by atoms with Gasteiger partial charge in [-0.2, -0.15) is 0 Å². The van der Waals surface area contributed by atoms with Gasteiger partial charge in [0.25, 0.3) is 0 Å². The number of halogens is 1. The molecule has 1 heterocycles. The molecule has 11 heavy (non-hydrogen) atoms. The quantitative estimate of drug-likeness (QED) is 0.592. The summed E-state index contributed by atoms with van der Waals surface area (Å²) in [5.74, 6) is 0. The SMILES string of the molecule is O=C1NCCN1C1CC(F)C1. The van der Waals surface area contributed by atoms with Crippen LogP contribution in [0, 0.1) is 0 Å². The second kappa shape index (κ2) is 2.36. The smallest absolute Gasteiger partial charge is 0.317 e. The van der Waals surface area contributed by atoms with E-state index in [1.165, 1.54) is 0 Å². The summed E-state index contributed by atoms with van der Waals surface area (Å²) in [7, 11) is 0. The first-order valence-corrected chi connectivity index (χ1v) is 3.96. The summed E-state index contributed by atoms with van der Waals surface area (Å²) in [6.07, 6.45) is 0.397. The molecule has 2 aliphatic rings. The van der Waals surface area contributed by atoms with E-state index >= 15 is 0 Å². The average Bonchev–Trinajstić information content (AvgIpc) is 2.29. The van der Waals surface area contributed by atoms with Crippen molar-refractivity contribution in [3.05, 3.63) is 0 Å². The van der Waals surface area contributed by atoms with E-state index < -0.39 is 6.17 Å². The molecule has 2 fully saturated rings. The van der Waals surface area contributed by atoms with Crippen molar-refractivity contribution in [3.63, 3.8) is 0 Å². The third-order valence-electron chi connectivity index (χ3n) is 2.39. The highest BCUT2D eigenvalue weighted by molar-refractivity contribution is 5.76. The maximum absolute atomic E-state index is 12.4. The molecule has 0 aromatic carbocycles. The highest BCUT2D eigenvalue weighted by Crippen LogP contribution is 2.28. The lowest BCUT2D eigenvalue weighted by Crippen LogP contribution is -2.47. The van der Waals surface area contributed by atoms with Crippen molar-refractivity contribution >= 4 is 6.03 Å². The number of amides is 2. The first-order valence-electron chi connectivity index (χ1n) is 3.96. The van der Waals surface area contributed by atoms with Gasteiger partial charge in [-0.05, 0) is 12.8 Å². The molecule has 1 saturated heterocycles. The summed E-state index contributed by atoms with van der Waals surface area (Å²) in [5, 5.41) is 2.70. The molecule has 1 aliphatic carbocycles. The van der Waals surface area contributed by atoms with Crippen molar-refractivity contribution in [2.75, 3.05) is 13.1 Å². The summed E-state index contributed by atoms with van der Waals surface area (Å²) in [5.41, 5.74) is 0. The highest BCUT2D eigenvalue weighted by atomic mass is 19.1. The third kappa shape index (κ3) is 1.06. The van der Waals surface area contributed by atoms with Crippen molar-refractivity contribution in [1.82, 2.24) is 10.2 Å². The molecule has 1 N–H and O–H groups in total. The van der Waals surface area contributed by atoms with Crippen LogP contribution in [0.1, 0.15) is 12.8 Å².